The highest BCUT2D eigenvalue weighted by Crippen LogP contribution is 2.19. The van der Waals surface area contributed by atoms with Gasteiger partial charge in [-0.25, -0.2) is 4.98 Å². The Balaban J connectivity index is 1.54. The van der Waals surface area contributed by atoms with Crippen molar-refractivity contribution in [1.82, 2.24) is 25.4 Å². The Morgan fingerprint density at radius 3 is 2.93 bits per heavy atom. The summed E-state index contributed by atoms with van der Waals surface area (Å²) in [4.78, 5) is 13.4. The smallest absolute Gasteiger partial charge is 0.191 e. The summed E-state index contributed by atoms with van der Waals surface area (Å²) >= 11 is 0. The number of guanidine groups is 1. The van der Waals surface area contributed by atoms with Gasteiger partial charge in [-0.3, -0.25) is 9.67 Å². The second-order valence-electron chi connectivity index (χ2n) is 7.11. The minimum atomic E-state index is 0.353. The molecular formula is C19H30N8. The molecule has 3 rings (SSSR count). The van der Waals surface area contributed by atoms with Crippen LogP contribution in [0.5, 0.6) is 0 Å². The van der Waals surface area contributed by atoms with E-state index in [9.17, 15) is 0 Å². The average Bonchev–Trinajstić information content (AvgIpc) is 3.12. The lowest BCUT2D eigenvalue weighted by molar-refractivity contribution is 0.468. The quantitative estimate of drug-likeness (QED) is 0.609. The summed E-state index contributed by atoms with van der Waals surface area (Å²) in [7, 11) is 7.75. The highest BCUT2D eigenvalue weighted by atomic mass is 15.3. The van der Waals surface area contributed by atoms with Gasteiger partial charge in [-0.15, -0.1) is 0 Å². The predicted molar refractivity (Wildman–Crippen MR) is 110 cm³/mol. The van der Waals surface area contributed by atoms with Crippen molar-refractivity contribution in [3.8, 4) is 0 Å². The largest absolute Gasteiger partial charge is 0.367 e. The van der Waals surface area contributed by atoms with E-state index in [1.165, 1.54) is 5.69 Å². The van der Waals surface area contributed by atoms with Gasteiger partial charge in [0.25, 0.3) is 0 Å². The van der Waals surface area contributed by atoms with Crippen molar-refractivity contribution in [2.24, 2.45) is 12.0 Å². The minimum absolute atomic E-state index is 0.353. The van der Waals surface area contributed by atoms with Crippen LogP contribution in [0.15, 0.2) is 35.6 Å². The number of aryl methyl sites for hydroxylation is 1. The third-order valence-electron chi connectivity index (χ3n) is 4.73. The van der Waals surface area contributed by atoms with Crippen molar-refractivity contribution in [2.45, 2.75) is 25.4 Å². The molecule has 0 aliphatic carbocycles. The van der Waals surface area contributed by atoms with Gasteiger partial charge in [0.1, 0.15) is 5.82 Å². The number of nitrogens with one attached hydrogen (secondary N) is 2. The Morgan fingerprint density at radius 2 is 2.22 bits per heavy atom. The Hall–Kier alpha value is -2.77. The Kier molecular flexibility index (Phi) is 6.16. The van der Waals surface area contributed by atoms with Crippen LogP contribution in [0.2, 0.25) is 0 Å². The molecule has 0 aromatic carbocycles. The van der Waals surface area contributed by atoms with Crippen LogP contribution in [-0.4, -0.2) is 61.0 Å². The Bertz CT molecular complexity index is 767. The Morgan fingerprint density at radius 1 is 1.37 bits per heavy atom. The van der Waals surface area contributed by atoms with Gasteiger partial charge in [0.05, 0.1) is 24.1 Å². The van der Waals surface area contributed by atoms with Gasteiger partial charge in [0.2, 0.25) is 0 Å². The molecule has 0 bridgehead atoms. The average molecular weight is 371 g/mol. The molecule has 1 saturated heterocycles. The number of hydrogen-bond acceptors (Lipinski definition) is 5. The van der Waals surface area contributed by atoms with Gasteiger partial charge in [0, 0.05) is 53.5 Å². The molecule has 0 saturated carbocycles. The van der Waals surface area contributed by atoms with E-state index in [0.29, 0.717) is 12.6 Å². The molecule has 8 heteroatoms. The zero-order valence-corrected chi connectivity index (χ0v) is 16.7. The summed E-state index contributed by atoms with van der Waals surface area (Å²) < 4.78 is 1.85. The number of rotatable bonds is 5. The monoisotopic (exact) mass is 370 g/mol. The first-order chi connectivity index (χ1) is 13.0. The fourth-order valence-corrected chi connectivity index (χ4v) is 3.28. The van der Waals surface area contributed by atoms with Gasteiger partial charge in [-0.05, 0) is 25.0 Å². The standard InChI is InChI=1S/C19H30N8/c1-20-19(21-11-15-7-5-9-18(23-15)25(2)3)24-16-8-6-10-27(13-16)17-12-22-26(4)14-17/h5,7,9,12,14,16H,6,8,10-11,13H2,1-4H3,(H2,20,21,24). The lowest BCUT2D eigenvalue weighted by atomic mass is 10.1. The molecule has 27 heavy (non-hydrogen) atoms. The van der Waals surface area contributed by atoms with Crippen LogP contribution in [0, 0.1) is 0 Å². The first kappa shape index (κ1) is 19.0. The van der Waals surface area contributed by atoms with Crippen LogP contribution in [0.1, 0.15) is 18.5 Å². The SMILES string of the molecule is CN=C(NCc1cccc(N(C)C)n1)NC1CCCN(c2cnn(C)c2)C1. The third kappa shape index (κ3) is 5.12. The molecule has 8 nitrogen and oxygen atoms in total. The molecule has 0 amide bonds. The summed E-state index contributed by atoms with van der Waals surface area (Å²) in [6, 6.07) is 6.41. The number of piperidine rings is 1. The van der Waals surface area contributed by atoms with E-state index in [1.807, 2.05) is 55.1 Å². The van der Waals surface area contributed by atoms with Gasteiger partial charge in [-0.2, -0.15) is 5.10 Å². The fourth-order valence-electron chi connectivity index (χ4n) is 3.28. The molecule has 0 spiro atoms. The van der Waals surface area contributed by atoms with Crippen molar-refractivity contribution in [3.63, 3.8) is 0 Å². The van der Waals surface area contributed by atoms with E-state index in [0.717, 1.165) is 43.4 Å². The molecule has 1 unspecified atom stereocenters. The van der Waals surface area contributed by atoms with Crippen LogP contribution in [0.25, 0.3) is 0 Å². The van der Waals surface area contributed by atoms with Crippen LogP contribution in [0.3, 0.4) is 0 Å². The fraction of sp³-hybridized carbons (Fsp3) is 0.526. The maximum Gasteiger partial charge on any atom is 0.191 e. The molecular weight excluding hydrogens is 340 g/mol. The molecule has 146 valence electrons. The van der Waals surface area contributed by atoms with Gasteiger partial charge in [0.15, 0.2) is 5.96 Å². The third-order valence-corrected chi connectivity index (χ3v) is 4.73. The summed E-state index contributed by atoms with van der Waals surface area (Å²) in [5.41, 5.74) is 2.17. The van der Waals surface area contributed by atoms with Crippen molar-refractivity contribution in [2.75, 3.05) is 44.0 Å². The summed E-state index contributed by atoms with van der Waals surface area (Å²) in [6.45, 7) is 2.65. The van der Waals surface area contributed by atoms with Crippen LogP contribution in [-0.2, 0) is 13.6 Å². The zero-order valence-electron chi connectivity index (χ0n) is 16.7. The maximum absolute atomic E-state index is 4.64. The molecule has 3 heterocycles. The van der Waals surface area contributed by atoms with Crippen molar-refractivity contribution >= 4 is 17.5 Å². The van der Waals surface area contributed by atoms with Crippen LogP contribution in [0.4, 0.5) is 11.5 Å². The normalized spacial score (nSPS) is 17.7. The van der Waals surface area contributed by atoms with Gasteiger partial charge < -0.3 is 20.4 Å². The number of aromatic nitrogens is 3. The zero-order chi connectivity index (χ0) is 19.2. The predicted octanol–water partition coefficient (Wildman–Crippen LogP) is 1.22. The lowest BCUT2D eigenvalue weighted by Gasteiger charge is -2.34. The van der Waals surface area contributed by atoms with E-state index in [2.05, 4.69) is 36.8 Å². The number of aliphatic imine (C=N–C) groups is 1. The molecule has 1 atom stereocenters. The van der Waals surface area contributed by atoms with Gasteiger partial charge >= 0.3 is 0 Å². The van der Waals surface area contributed by atoms with E-state index in [1.54, 1.807) is 7.05 Å². The topological polar surface area (TPSA) is 73.6 Å². The summed E-state index contributed by atoms with van der Waals surface area (Å²) in [5, 5.41) is 11.2. The number of hydrogen-bond donors (Lipinski definition) is 2. The molecule has 2 aromatic rings. The van der Waals surface area contributed by atoms with Crippen LogP contribution < -0.4 is 20.4 Å². The summed E-state index contributed by atoms with van der Waals surface area (Å²) in [6.07, 6.45) is 6.28. The molecule has 1 fully saturated rings. The molecule has 2 N–H and O–H groups in total. The van der Waals surface area contributed by atoms with Crippen molar-refractivity contribution < 1.29 is 0 Å². The molecule has 0 radical (unpaired) electrons. The van der Waals surface area contributed by atoms with Crippen molar-refractivity contribution in [3.05, 3.63) is 36.3 Å². The van der Waals surface area contributed by atoms with Crippen molar-refractivity contribution in [1.29, 1.82) is 0 Å². The first-order valence-corrected chi connectivity index (χ1v) is 9.39. The van der Waals surface area contributed by atoms with E-state index in [-0.39, 0.29) is 0 Å². The highest BCUT2D eigenvalue weighted by molar-refractivity contribution is 5.80. The first-order valence-electron chi connectivity index (χ1n) is 9.39. The molecule has 2 aromatic heterocycles. The van der Waals surface area contributed by atoms with E-state index in [4.69, 9.17) is 0 Å². The van der Waals surface area contributed by atoms with E-state index >= 15 is 0 Å². The second kappa shape index (κ2) is 8.75. The van der Waals surface area contributed by atoms with E-state index < -0.39 is 0 Å². The maximum atomic E-state index is 4.64. The van der Waals surface area contributed by atoms with Gasteiger partial charge in [-0.1, -0.05) is 6.07 Å². The minimum Gasteiger partial charge on any atom is -0.367 e. The second-order valence-corrected chi connectivity index (χ2v) is 7.11. The summed E-state index contributed by atoms with van der Waals surface area (Å²) in [5.74, 6) is 1.77. The molecule has 1 aliphatic heterocycles. The number of pyridine rings is 1. The van der Waals surface area contributed by atoms with Crippen LogP contribution >= 0.6 is 0 Å². The molecule has 1 aliphatic rings. The lowest BCUT2D eigenvalue weighted by Crippen LogP contribution is -2.51. The number of anilines is 2. The number of nitrogens with zero attached hydrogens (tertiary/aromatic N) is 6. The Labute approximate surface area is 161 Å². The highest BCUT2D eigenvalue weighted by Gasteiger charge is 2.21.